The summed E-state index contributed by atoms with van der Waals surface area (Å²) in [6.07, 6.45) is 4.82. The van der Waals surface area contributed by atoms with E-state index in [0.29, 0.717) is 18.7 Å². The fraction of sp³-hybridized carbons (Fsp3) is 0.400. The van der Waals surface area contributed by atoms with Crippen LogP contribution in [0.25, 0.3) is 0 Å². The van der Waals surface area contributed by atoms with Gasteiger partial charge in [0.25, 0.3) is 0 Å². The van der Waals surface area contributed by atoms with Crippen molar-refractivity contribution in [1.29, 1.82) is 0 Å². The summed E-state index contributed by atoms with van der Waals surface area (Å²) in [6.45, 7) is 2.03. The lowest BCUT2D eigenvalue weighted by atomic mass is 10.3. The lowest BCUT2D eigenvalue weighted by molar-refractivity contribution is -0.125. The summed E-state index contributed by atoms with van der Waals surface area (Å²) in [5.41, 5.74) is 0.621. The van der Waals surface area contributed by atoms with Crippen molar-refractivity contribution >= 4 is 17.5 Å². The minimum atomic E-state index is -0.504. The van der Waals surface area contributed by atoms with E-state index < -0.39 is 6.04 Å². The van der Waals surface area contributed by atoms with E-state index in [1.807, 2.05) is 0 Å². The van der Waals surface area contributed by atoms with Gasteiger partial charge in [0.2, 0.25) is 11.8 Å². The number of aromatic nitrogens is 2. The van der Waals surface area contributed by atoms with Gasteiger partial charge in [-0.05, 0) is 6.92 Å². The van der Waals surface area contributed by atoms with E-state index in [0.717, 1.165) is 0 Å². The van der Waals surface area contributed by atoms with Gasteiger partial charge in [0.05, 0.1) is 18.1 Å². The van der Waals surface area contributed by atoms with Gasteiger partial charge in [-0.2, -0.15) is 0 Å². The van der Waals surface area contributed by atoms with E-state index >= 15 is 0 Å². The number of hydrogen-bond donors (Lipinski definition) is 1. The molecule has 1 atom stereocenters. The third-order valence-electron chi connectivity index (χ3n) is 2.44. The third kappa shape index (κ3) is 2.00. The van der Waals surface area contributed by atoms with Crippen LogP contribution in [-0.2, 0) is 9.59 Å². The topological polar surface area (TPSA) is 75.2 Å². The molecule has 2 rings (SSSR count). The molecule has 1 fully saturated rings. The lowest BCUT2D eigenvalue weighted by Gasteiger charge is -2.21. The Morgan fingerprint density at radius 3 is 2.75 bits per heavy atom. The predicted octanol–water partition coefficient (Wildman–Crippen LogP) is -0.282. The van der Waals surface area contributed by atoms with Crippen molar-refractivity contribution in [1.82, 2.24) is 15.3 Å². The Labute approximate surface area is 92.7 Å². The molecule has 16 heavy (non-hydrogen) atoms. The van der Waals surface area contributed by atoms with Crippen LogP contribution < -0.4 is 10.2 Å². The van der Waals surface area contributed by atoms with E-state index in [1.165, 1.54) is 11.2 Å². The van der Waals surface area contributed by atoms with Gasteiger partial charge in [-0.25, -0.2) is 9.97 Å². The van der Waals surface area contributed by atoms with E-state index in [2.05, 4.69) is 15.3 Å². The van der Waals surface area contributed by atoms with Gasteiger partial charge in [0.1, 0.15) is 12.4 Å². The second kappa shape index (κ2) is 4.26. The fourth-order valence-corrected chi connectivity index (χ4v) is 1.62. The van der Waals surface area contributed by atoms with E-state index in [4.69, 9.17) is 0 Å². The smallest absolute Gasteiger partial charge is 0.249 e. The molecule has 1 N–H and O–H groups in total. The number of carbonyl (C=O) groups is 2. The van der Waals surface area contributed by atoms with Crippen LogP contribution in [0.2, 0.25) is 0 Å². The van der Waals surface area contributed by atoms with Gasteiger partial charge in [0, 0.05) is 13.0 Å². The molecule has 0 bridgehead atoms. The first-order valence-electron chi connectivity index (χ1n) is 5.04. The minimum absolute atomic E-state index is 0.111. The molecule has 1 aliphatic rings. The zero-order valence-corrected chi connectivity index (χ0v) is 8.88. The molecule has 0 saturated carbocycles. The van der Waals surface area contributed by atoms with Crippen LogP contribution >= 0.6 is 0 Å². The summed E-state index contributed by atoms with van der Waals surface area (Å²) in [4.78, 5) is 32.5. The normalized spacial score (nSPS) is 21.6. The van der Waals surface area contributed by atoms with Crippen LogP contribution in [0.3, 0.4) is 0 Å². The van der Waals surface area contributed by atoms with Gasteiger partial charge < -0.3 is 10.2 Å². The Bertz CT molecular complexity index is 407. The maximum absolute atomic E-state index is 11.9. The molecule has 6 nitrogen and oxygen atoms in total. The number of carbonyl (C=O) groups excluding carboxylic acids is 2. The van der Waals surface area contributed by atoms with Crippen molar-refractivity contribution in [3.05, 3.63) is 18.7 Å². The number of nitrogens with one attached hydrogen (secondary N) is 1. The molecule has 0 aliphatic carbocycles. The molecule has 6 heteroatoms. The van der Waals surface area contributed by atoms with Crippen LogP contribution in [0.15, 0.2) is 18.7 Å². The Hall–Kier alpha value is -1.98. The van der Waals surface area contributed by atoms with Crippen molar-refractivity contribution in [3.63, 3.8) is 0 Å². The Kier molecular flexibility index (Phi) is 2.80. The maximum Gasteiger partial charge on any atom is 0.249 e. The Morgan fingerprint density at radius 1 is 1.38 bits per heavy atom. The summed E-state index contributed by atoms with van der Waals surface area (Å²) in [5, 5.41) is 2.62. The Morgan fingerprint density at radius 2 is 2.06 bits per heavy atom. The highest BCUT2D eigenvalue weighted by atomic mass is 16.2. The maximum atomic E-state index is 11.9. The third-order valence-corrected chi connectivity index (χ3v) is 2.44. The molecular weight excluding hydrogens is 208 g/mol. The summed E-state index contributed by atoms with van der Waals surface area (Å²) in [6, 6.07) is -0.504. The standard InChI is InChI=1S/C10H12N4O2/c1-7-10(16)14(3-2-9(15)13-7)8-4-11-6-12-5-8/h4-7H,2-3H2,1H3,(H,13,15). The Balaban J connectivity index is 2.27. The van der Waals surface area contributed by atoms with Gasteiger partial charge >= 0.3 is 0 Å². The monoisotopic (exact) mass is 220 g/mol. The first kappa shape index (κ1) is 10.5. The minimum Gasteiger partial charge on any atom is -0.345 e. The average Bonchev–Trinajstić information content (AvgIpc) is 2.41. The molecule has 1 aromatic rings. The van der Waals surface area contributed by atoms with E-state index in [9.17, 15) is 9.59 Å². The first-order valence-corrected chi connectivity index (χ1v) is 5.04. The molecule has 2 amide bonds. The largest absolute Gasteiger partial charge is 0.345 e. The van der Waals surface area contributed by atoms with Crippen LogP contribution in [0.5, 0.6) is 0 Å². The molecule has 1 aliphatic heterocycles. The molecule has 1 saturated heterocycles. The van der Waals surface area contributed by atoms with Gasteiger partial charge in [0.15, 0.2) is 0 Å². The highest BCUT2D eigenvalue weighted by Crippen LogP contribution is 2.14. The number of nitrogens with zero attached hydrogens (tertiary/aromatic N) is 3. The number of rotatable bonds is 1. The molecule has 1 unspecified atom stereocenters. The van der Waals surface area contributed by atoms with Crippen molar-refractivity contribution < 1.29 is 9.59 Å². The molecular formula is C10H12N4O2. The second-order valence-electron chi connectivity index (χ2n) is 3.63. The molecule has 2 heterocycles. The van der Waals surface area contributed by atoms with Crippen molar-refractivity contribution in [2.45, 2.75) is 19.4 Å². The summed E-state index contributed by atoms with van der Waals surface area (Å²) in [5.74, 6) is -0.249. The summed E-state index contributed by atoms with van der Waals surface area (Å²) < 4.78 is 0. The summed E-state index contributed by atoms with van der Waals surface area (Å²) >= 11 is 0. The van der Waals surface area contributed by atoms with Crippen LogP contribution in [0.4, 0.5) is 5.69 Å². The quantitative estimate of drug-likeness (QED) is 0.706. The second-order valence-corrected chi connectivity index (χ2v) is 3.63. The van der Waals surface area contributed by atoms with Gasteiger partial charge in [-0.15, -0.1) is 0 Å². The van der Waals surface area contributed by atoms with Gasteiger partial charge in [-0.3, -0.25) is 9.59 Å². The fourth-order valence-electron chi connectivity index (χ4n) is 1.62. The van der Waals surface area contributed by atoms with Crippen LogP contribution in [-0.4, -0.2) is 34.4 Å². The molecule has 0 spiro atoms. The number of anilines is 1. The zero-order chi connectivity index (χ0) is 11.5. The van der Waals surface area contributed by atoms with Crippen molar-refractivity contribution in [2.24, 2.45) is 0 Å². The number of amides is 2. The van der Waals surface area contributed by atoms with Crippen LogP contribution in [0, 0.1) is 0 Å². The first-order chi connectivity index (χ1) is 7.68. The lowest BCUT2D eigenvalue weighted by Crippen LogP contribution is -2.42. The van der Waals surface area contributed by atoms with Gasteiger partial charge in [-0.1, -0.05) is 0 Å². The van der Waals surface area contributed by atoms with Crippen molar-refractivity contribution in [3.8, 4) is 0 Å². The van der Waals surface area contributed by atoms with E-state index in [-0.39, 0.29) is 11.8 Å². The highest BCUT2D eigenvalue weighted by molar-refractivity contribution is 6.00. The van der Waals surface area contributed by atoms with Crippen LogP contribution in [0.1, 0.15) is 13.3 Å². The van der Waals surface area contributed by atoms with Crippen molar-refractivity contribution in [2.75, 3.05) is 11.4 Å². The van der Waals surface area contributed by atoms with E-state index in [1.54, 1.807) is 19.3 Å². The molecule has 0 aromatic carbocycles. The molecule has 0 radical (unpaired) electrons. The number of hydrogen-bond acceptors (Lipinski definition) is 4. The summed E-state index contributed by atoms with van der Waals surface area (Å²) in [7, 11) is 0. The predicted molar refractivity (Wildman–Crippen MR) is 56.6 cm³/mol. The average molecular weight is 220 g/mol. The zero-order valence-electron chi connectivity index (χ0n) is 8.88. The highest BCUT2D eigenvalue weighted by Gasteiger charge is 2.27. The molecule has 1 aromatic heterocycles. The molecule has 84 valence electrons. The SMILES string of the molecule is CC1NC(=O)CCN(c2cncnc2)C1=O.